The summed E-state index contributed by atoms with van der Waals surface area (Å²) in [5, 5.41) is 14.9. The van der Waals surface area contributed by atoms with E-state index >= 15 is 0 Å². The molecular formula is C24H27ClN4O3. The largest absolute Gasteiger partial charge is 0.488 e. The van der Waals surface area contributed by atoms with Crippen LogP contribution in [0.5, 0.6) is 5.75 Å². The lowest BCUT2D eigenvalue weighted by Gasteiger charge is -2.32. The maximum Gasteiger partial charge on any atom is 0.287 e. The van der Waals surface area contributed by atoms with Crippen LogP contribution in [0.2, 0.25) is 5.02 Å². The molecule has 2 aromatic carbocycles. The predicted octanol–water partition coefficient (Wildman–Crippen LogP) is 2.88. The molecule has 4 atom stereocenters. The van der Waals surface area contributed by atoms with E-state index < -0.39 is 12.2 Å². The van der Waals surface area contributed by atoms with Crippen molar-refractivity contribution in [1.82, 2.24) is 19.8 Å². The summed E-state index contributed by atoms with van der Waals surface area (Å²) in [7, 11) is 3.72. The number of hydrogen-bond acceptors (Lipinski definition) is 5. The average Bonchev–Trinajstić information content (AvgIpc) is 3.32. The fraction of sp³-hybridized carbons (Fsp3) is 0.333. The molecule has 1 aliphatic rings. The zero-order chi connectivity index (χ0) is 22.7. The van der Waals surface area contributed by atoms with Crippen LogP contribution in [-0.2, 0) is 13.6 Å². The molecular weight excluding hydrogens is 428 g/mol. The Bertz CT molecular complexity index is 1060. The number of halogens is 1. The second-order valence-electron chi connectivity index (χ2n) is 8.17. The minimum Gasteiger partial charge on any atom is -0.488 e. The molecule has 1 saturated carbocycles. The Balaban J connectivity index is 1.55. The van der Waals surface area contributed by atoms with E-state index in [9.17, 15) is 9.90 Å². The molecule has 1 heterocycles. The Labute approximate surface area is 192 Å². The Kier molecular flexibility index (Phi) is 6.79. The van der Waals surface area contributed by atoms with E-state index in [1.807, 2.05) is 37.4 Å². The van der Waals surface area contributed by atoms with Gasteiger partial charge in [-0.05, 0) is 30.8 Å². The smallest absolute Gasteiger partial charge is 0.287 e. The zero-order valence-electron chi connectivity index (χ0n) is 18.1. The highest BCUT2D eigenvalue weighted by molar-refractivity contribution is 6.30. The Hall–Kier alpha value is -2.87. The maximum atomic E-state index is 12.9. The highest BCUT2D eigenvalue weighted by atomic mass is 35.5. The van der Waals surface area contributed by atoms with E-state index in [0.717, 1.165) is 5.56 Å². The van der Waals surface area contributed by atoms with E-state index in [1.54, 1.807) is 48.3 Å². The number of nitrogens with one attached hydrogen (secondary N) is 1. The second-order valence-corrected chi connectivity index (χ2v) is 8.61. The van der Waals surface area contributed by atoms with Crippen molar-refractivity contribution in [2.24, 2.45) is 7.05 Å². The van der Waals surface area contributed by atoms with E-state index in [1.165, 1.54) is 0 Å². The summed E-state index contributed by atoms with van der Waals surface area (Å²) < 4.78 is 7.76. The van der Waals surface area contributed by atoms with E-state index in [4.69, 9.17) is 16.3 Å². The lowest BCUT2D eigenvalue weighted by Crippen LogP contribution is -2.52. The van der Waals surface area contributed by atoms with Crippen molar-refractivity contribution < 1.29 is 14.6 Å². The number of nitrogens with zero attached hydrogens (tertiary/aromatic N) is 3. The topological polar surface area (TPSA) is 79.6 Å². The number of benzene rings is 2. The summed E-state index contributed by atoms with van der Waals surface area (Å²) >= 11 is 6.09. The van der Waals surface area contributed by atoms with Gasteiger partial charge in [0.1, 0.15) is 18.0 Å². The summed E-state index contributed by atoms with van der Waals surface area (Å²) in [5.41, 5.74) is 1.12. The van der Waals surface area contributed by atoms with Gasteiger partial charge in [-0.2, -0.15) is 0 Å². The third-order valence-corrected chi connectivity index (χ3v) is 6.07. The van der Waals surface area contributed by atoms with Gasteiger partial charge in [0.25, 0.3) is 5.91 Å². The van der Waals surface area contributed by atoms with Crippen LogP contribution >= 0.6 is 11.6 Å². The van der Waals surface area contributed by atoms with Crippen molar-refractivity contribution in [2.45, 2.75) is 37.3 Å². The predicted molar refractivity (Wildman–Crippen MR) is 123 cm³/mol. The first-order valence-corrected chi connectivity index (χ1v) is 10.9. The fourth-order valence-electron chi connectivity index (χ4n) is 4.33. The molecule has 0 spiro atoms. The third kappa shape index (κ3) is 4.96. The number of likely N-dealkylation sites (N-methyl/N-ethyl adjacent to an activating group) is 1. The first-order chi connectivity index (χ1) is 15.4. The number of aliphatic hydroxyl groups excluding tert-OH is 1. The van der Waals surface area contributed by atoms with Crippen molar-refractivity contribution >= 4 is 17.5 Å². The summed E-state index contributed by atoms with van der Waals surface area (Å²) in [6, 6.07) is 16.5. The minimum atomic E-state index is -0.811. The molecule has 3 aromatic rings. The maximum absolute atomic E-state index is 12.9. The molecule has 0 aliphatic heterocycles. The lowest BCUT2D eigenvalue weighted by molar-refractivity contribution is 0.0125. The number of aryl methyl sites for hydroxylation is 1. The number of carbonyl (C=O) groups excluding carboxylic acids is 1. The molecule has 8 heteroatoms. The van der Waals surface area contributed by atoms with Crippen LogP contribution in [-0.4, -0.2) is 56.8 Å². The summed E-state index contributed by atoms with van der Waals surface area (Å²) in [6.07, 6.45) is 2.45. The molecule has 0 bridgehead atoms. The van der Waals surface area contributed by atoms with Gasteiger partial charge in [-0.15, -0.1) is 0 Å². The van der Waals surface area contributed by atoms with Crippen LogP contribution in [0.3, 0.4) is 0 Å². The quantitative estimate of drug-likeness (QED) is 0.574. The minimum absolute atomic E-state index is 0.281. The Morgan fingerprint density at radius 3 is 2.75 bits per heavy atom. The monoisotopic (exact) mass is 454 g/mol. The highest BCUT2D eigenvalue weighted by Crippen LogP contribution is 2.30. The summed E-state index contributed by atoms with van der Waals surface area (Å²) in [4.78, 5) is 19.1. The number of rotatable bonds is 7. The number of amides is 1. The molecule has 0 saturated heterocycles. The molecule has 0 radical (unpaired) electrons. The van der Waals surface area contributed by atoms with Crippen molar-refractivity contribution in [1.29, 1.82) is 0 Å². The van der Waals surface area contributed by atoms with Crippen molar-refractivity contribution in [3.8, 4) is 5.75 Å². The number of ether oxygens (including phenoxy) is 1. The zero-order valence-corrected chi connectivity index (χ0v) is 18.8. The van der Waals surface area contributed by atoms with Gasteiger partial charge in [0.15, 0.2) is 5.82 Å². The molecule has 168 valence electrons. The lowest BCUT2D eigenvalue weighted by atomic mass is 10.1. The molecule has 7 nitrogen and oxygen atoms in total. The molecule has 4 rings (SSSR count). The normalized spacial score (nSPS) is 22.8. The van der Waals surface area contributed by atoms with E-state index in [2.05, 4.69) is 15.2 Å². The summed E-state index contributed by atoms with van der Waals surface area (Å²) in [5.74, 6) is 0.626. The van der Waals surface area contributed by atoms with Gasteiger partial charge in [-0.3, -0.25) is 9.69 Å². The van der Waals surface area contributed by atoms with Gasteiger partial charge in [-0.25, -0.2) is 4.98 Å². The van der Waals surface area contributed by atoms with Crippen LogP contribution in [0, 0.1) is 0 Å². The molecule has 32 heavy (non-hydrogen) atoms. The highest BCUT2D eigenvalue weighted by Gasteiger charge is 2.46. The van der Waals surface area contributed by atoms with Crippen LogP contribution in [0.15, 0.2) is 67.0 Å². The second kappa shape index (κ2) is 9.73. The SMILES string of the molecule is CN(Cc1ccccc1)[C@@H]1[C@@H](O)[C@H](Oc2cccc(Cl)c2)C[C@H]1NC(=O)c1nccn1C. The average molecular weight is 455 g/mol. The van der Waals surface area contributed by atoms with Gasteiger partial charge in [0, 0.05) is 37.4 Å². The molecule has 0 unspecified atom stereocenters. The number of aliphatic hydroxyl groups is 1. The molecule has 1 aromatic heterocycles. The van der Waals surface area contributed by atoms with Crippen molar-refractivity contribution in [3.05, 3.63) is 83.4 Å². The first kappa shape index (κ1) is 22.3. The standard InChI is InChI=1S/C24H27ClN4O3/c1-28-12-11-26-23(28)24(31)27-19-14-20(32-18-10-6-9-17(25)13-18)22(30)21(19)29(2)15-16-7-4-3-5-8-16/h3-13,19-22,30H,14-15H2,1-2H3,(H,27,31)/t19-,20-,21+,22+/m1/s1. The van der Waals surface area contributed by atoms with Crippen molar-refractivity contribution in [2.75, 3.05) is 7.05 Å². The molecule has 1 aliphatic carbocycles. The number of imidazole rings is 1. The summed E-state index contributed by atoms with van der Waals surface area (Å²) in [6.45, 7) is 0.626. The third-order valence-electron chi connectivity index (χ3n) is 5.84. The van der Waals surface area contributed by atoms with Gasteiger partial charge in [0.2, 0.25) is 0 Å². The van der Waals surface area contributed by atoms with Crippen molar-refractivity contribution in [3.63, 3.8) is 0 Å². The van der Waals surface area contributed by atoms with Crippen LogP contribution in [0.25, 0.3) is 0 Å². The fourth-order valence-corrected chi connectivity index (χ4v) is 4.51. The van der Waals surface area contributed by atoms with Gasteiger partial charge < -0.3 is 19.7 Å². The number of hydrogen-bond donors (Lipinski definition) is 2. The molecule has 1 amide bonds. The van der Waals surface area contributed by atoms with Gasteiger partial charge >= 0.3 is 0 Å². The van der Waals surface area contributed by atoms with Gasteiger partial charge in [0.05, 0.1) is 12.1 Å². The van der Waals surface area contributed by atoms with E-state index in [-0.39, 0.29) is 18.0 Å². The van der Waals surface area contributed by atoms with Gasteiger partial charge in [-0.1, -0.05) is 48.0 Å². The van der Waals surface area contributed by atoms with Crippen LogP contribution in [0.4, 0.5) is 0 Å². The van der Waals surface area contributed by atoms with E-state index in [0.29, 0.717) is 29.6 Å². The van der Waals surface area contributed by atoms with Crippen LogP contribution < -0.4 is 10.1 Å². The van der Waals surface area contributed by atoms with Crippen LogP contribution in [0.1, 0.15) is 22.6 Å². The molecule has 2 N–H and O–H groups in total. The number of carbonyl (C=O) groups is 1. The number of aromatic nitrogens is 2. The Morgan fingerprint density at radius 2 is 2.06 bits per heavy atom. The Morgan fingerprint density at radius 1 is 1.28 bits per heavy atom. The first-order valence-electron chi connectivity index (χ1n) is 10.5. The molecule has 1 fully saturated rings.